The fourth-order valence-electron chi connectivity index (χ4n) is 2.85. The van der Waals surface area contributed by atoms with Crippen LogP contribution in [0.2, 0.25) is 0 Å². The summed E-state index contributed by atoms with van der Waals surface area (Å²) in [7, 11) is 0. The van der Waals surface area contributed by atoms with E-state index in [1.165, 1.54) is 12.1 Å². The van der Waals surface area contributed by atoms with Gasteiger partial charge in [0.05, 0.1) is 0 Å². The second-order valence-corrected chi connectivity index (χ2v) is 5.51. The number of rotatable bonds is 2. The first-order valence-electron chi connectivity index (χ1n) is 6.93. The molecule has 0 spiro atoms. The van der Waals surface area contributed by atoms with Crippen LogP contribution >= 0.6 is 0 Å². The van der Waals surface area contributed by atoms with Gasteiger partial charge in [-0.2, -0.15) is 0 Å². The second-order valence-electron chi connectivity index (χ2n) is 5.51. The number of allylic oxidation sites excluding steroid dienone is 2. The normalized spacial score (nSPS) is 22.5. The number of benzene rings is 1. The molecule has 4 heteroatoms. The Kier molecular flexibility index (Phi) is 3.24. The van der Waals surface area contributed by atoms with Gasteiger partial charge in [0.1, 0.15) is 11.6 Å². The van der Waals surface area contributed by atoms with E-state index in [0.29, 0.717) is 24.2 Å². The number of piperidine rings is 1. The Morgan fingerprint density at radius 2 is 1.80 bits per heavy atom. The van der Waals surface area contributed by atoms with Crippen LogP contribution in [-0.4, -0.2) is 13.1 Å². The van der Waals surface area contributed by atoms with Crippen LogP contribution in [-0.2, 0) is 0 Å². The molecule has 0 radical (unpaired) electrons. The van der Waals surface area contributed by atoms with Crippen molar-refractivity contribution in [3.63, 3.8) is 0 Å². The summed E-state index contributed by atoms with van der Waals surface area (Å²) < 4.78 is 28.7. The monoisotopic (exact) mass is 276 g/mol. The summed E-state index contributed by atoms with van der Waals surface area (Å²) >= 11 is 0. The summed E-state index contributed by atoms with van der Waals surface area (Å²) in [5.41, 5.74) is 2.23. The number of hydrogen-bond acceptors (Lipinski definition) is 2. The summed E-state index contributed by atoms with van der Waals surface area (Å²) in [5.74, 6) is -1.29. The molecular formula is C16H18F2N2. The molecule has 106 valence electrons. The fourth-order valence-corrected chi connectivity index (χ4v) is 2.85. The van der Waals surface area contributed by atoms with Gasteiger partial charge in [0, 0.05) is 41.7 Å². The van der Waals surface area contributed by atoms with Crippen molar-refractivity contribution in [2.75, 3.05) is 18.0 Å². The minimum atomic E-state index is -0.479. The Hall–Kier alpha value is -1.84. The molecule has 1 N–H and O–H groups in total. The van der Waals surface area contributed by atoms with Gasteiger partial charge < -0.3 is 10.2 Å². The topological polar surface area (TPSA) is 15.3 Å². The van der Waals surface area contributed by atoms with Gasteiger partial charge in [0.2, 0.25) is 0 Å². The molecule has 2 heterocycles. The van der Waals surface area contributed by atoms with Gasteiger partial charge in [-0.1, -0.05) is 13.2 Å². The van der Waals surface area contributed by atoms with Crippen LogP contribution in [0.4, 0.5) is 14.5 Å². The standard InChI is InChI=1S/C16H18F2N2/c1-10-4-5-13(11(2)19-10)16-14(17)8-12(9-15(16)18)20-6-3-7-20/h8-9,13,19H,1-7H2. The highest BCUT2D eigenvalue weighted by Crippen LogP contribution is 2.37. The number of nitrogens with one attached hydrogen (secondary N) is 1. The van der Waals surface area contributed by atoms with Crippen LogP contribution in [0.25, 0.3) is 0 Å². The van der Waals surface area contributed by atoms with E-state index in [1.807, 2.05) is 4.90 Å². The summed E-state index contributed by atoms with van der Waals surface area (Å²) in [6, 6.07) is 2.88. The molecule has 2 aliphatic rings. The molecule has 2 saturated heterocycles. The molecule has 0 aliphatic carbocycles. The first-order valence-corrected chi connectivity index (χ1v) is 6.93. The van der Waals surface area contributed by atoms with Gasteiger partial charge in [-0.25, -0.2) is 8.78 Å². The second kappa shape index (κ2) is 4.93. The maximum Gasteiger partial charge on any atom is 0.132 e. The van der Waals surface area contributed by atoms with E-state index in [4.69, 9.17) is 0 Å². The average molecular weight is 276 g/mol. The molecule has 0 bridgehead atoms. The minimum absolute atomic E-state index is 0.124. The third-order valence-corrected chi connectivity index (χ3v) is 4.13. The molecule has 0 aromatic heterocycles. The highest BCUT2D eigenvalue weighted by Gasteiger charge is 2.28. The predicted molar refractivity (Wildman–Crippen MR) is 76.6 cm³/mol. The van der Waals surface area contributed by atoms with Gasteiger partial charge in [-0.05, 0) is 31.4 Å². The molecular weight excluding hydrogens is 258 g/mol. The maximum absolute atomic E-state index is 14.3. The van der Waals surface area contributed by atoms with E-state index >= 15 is 0 Å². The molecule has 0 amide bonds. The van der Waals surface area contributed by atoms with E-state index in [1.54, 1.807) is 0 Å². The molecule has 0 saturated carbocycles. The zero-order valence-electron chi connectivity index (χ0n) is 11.4. The Balaban J connectivity index is 1.93. The van der Waals surface area contributed by atoms with Crippen molar-refractivity contribution in [2.24, 2.45) is 0 Å². The van der Waals surface area contributed by atoms with E-state index < -0.39 is 11.6 Å². The van der Waals surface area contributed by atoms with Crippen molar-refractivity contribution in [1.29, 1.82) is 0 Å². The molecule has 1 unspecified atom stereocenters. The lowest BCUT2D eigenvalue weighted by molar-refractivity contribution is 0.500. The Morgan fingerprint density at radius 3 is 2.30 bits per heavy atom. The van der Waals surface area contributed by atoms with Crippen LogP contribution < -0.4 is 10.2 Å². The quantitative estimate of drug-likeness (QED) is 0.886. The largest absolute Gasteiger partial charge is 0.371 e. The Bertz CT molecular complexity index is 553. The fraction of sp³-hybridized carbons (Fsp3) is 0.375. The Labute approximate surface area is 117 Å². The first-order chi connectivity index (χ1) is 9.56. The lowest BCUT2D eigenvalue weighted by atomic mass is 9.87. The lowest BCUT2D eigenvalue weighted by Gasteiger charge is -2.34. The van der Waals surface area contributed by atoms with Gasteiger partial charge in [-0.3, -0.25) is 0 Å². The van der Waals surface area contributed by atoms with Crippen molar-refractivity contribution in [3.05, 3.63) is 53.9 Å². The number of anilines is 1. The SMILES string of the molecule is C=C1CCC(c2c(F)cc(N3CCC3)cc2F)C(=C)N1. The molecule has 20 heavy (non-hydrogen) atoms. The molecule has 2 fully saturated rings. The van der Waals surface area contributed by atoms with Crippen LogP contribution in [0.1, 0.15) is 30.7 Å². The van der Waals surface area contributed by atoms with Gasteiger partial charge >= 0.3 is 0 Å². The molecule has 2 aliphatic heterocycles. The van der Waals surface area contributed by atoms with Crippen molar-refractivity contribution < 1.29 is 8.78 Å². The average Bonchev–Trinajstić information content (AvgIpc) is 2.28. The van der Waals surface area contributed by atoms with Crippen molar-refractivity contribution in [2.45, 2.75) is 25.2 Å². The Morgan fingerprint density at radius 1 is 1.15 bits per heavy atom. The van der Waals surface area contributed by atoms with Crippen LogP contribution in [0, 0.1) is 11.6 Å². The van der Waals surface area contributed by atoms with Gasteiger partial charge in [0.25, 0.3) is 0 Å². The van der Waals surface area contributed by atoms with E-state index in [2.05, 4.69) is 18.5 Å². The van der Waals surface area contributed by atoms with Crippen molar-refractivity contribution >= 4 is 5.69 Å². The summed E-state index contributed by atoms with van der Waals surface area (Å²) in [4.78, 5) is 1.98. The van der Waals surface area contributed by atoms with Crippen molar-refractivity contribution in [3.8, 4) is 0 Å². The highest BCUT2D eigenvalue weighted by atomic mass is 19.1. The number of nitrogens with zero attached hydrogens (tertiary/aromatic N) is 1. The molecule has 3 rings (SSSR count). The predicted octanol–water partition coefficient (Wildman–Crippen LogP) is 3.67. The van der Waals surface area contributed by atoms with Gasteiger partial charge in [-0.15, -0.1) is 0 Å². The summed E-state index contributed by atoms with van der Waals surface area (Å²) in [6.07, 6.45) is 2.43. The van der Waals surface area contributed by atoms with Crippen LogP contribution in [0.5, 0.6) is 0 Å². The zero-order valence-corrected chi connectivity index (χ0v) is 11.4. The lowest BCUT2D eigenvalue weighted by Crippen LogP contribution is -2.37. The highest BCUT2D eigenvalue weighted by molar-refractivity contribution is 5.52. The molecule has 1 aromatic carbocycles. The minimum Gasteiger partial charge on any atom is -0.371 e. The molecule has 1 aromatic rings. The van der Waals surface area contributed by atoms with E-state index in [0.717, 1.165) is 25.2 Å². The third-order valence-electron chi connectivity index (χ3n) is 4.13. The zero-order chi connectivity index (χ0) is 14.3. The smallest absolute Gasteiger partial charge is 0.132 e. The van der Waals surface area contributed by atoms with E-state index in [-0.39, 0.29) is 11.5 Å². The van der Waals surface area contributed by atoms with Gasteiger partial charge in [0.15, 0.2) is 0 Å². The van der Waals surface area contributed by atoms with Crippen LogP contribution in [0.15, 0.2) is 36.7 Å². The molecule has 2 nitrogen and oxygen atoms in total. The maximum atomic E-state index is 14.3. The number of halogens is 2. The molecule has 1 atom stereocenters. The number of hydrogen-bond donors (Lipinski definition) is 1. The third kappa shape index (κ3) is 2.19. The van der Waals surface area contributed by atoms with Crippen LogP contribution in [0.3, 0.4) is 0 Å². The van der Waals surface area contributed by atoms with Crippen molar-refractivity contribution in [1.82, 2.24) is 5.32 Å². The summed E-state index contributed by atoms with van der Waals surface area (Å²) in [5, 5.41) is 3.01. The van der Waals surface area contributed by atoms with E-state index in [9.17, 15) is 8.78 Å². The first kappa shape index (κ1) is 13.2. The summed E-state index contributed by atoms with van der Waals surface area (Å²) in [6.45, 7) is 9.44.